The van der Waals surface area contributed by atoms with Crippen LogP contribution in [0.4, 0.5) is 0 Å². The van der Waals surface area contributed by atoms with Gasteiger partial charge >= 0.3 is 0 Å². The molecule has 1 atom stereocenters. The largest absolute Gasteiger partial charge is 0.424 e. The SMILES string of the molecule is CCOCCCc1nnc(C(N)CC)o1. The van der Waals surface area contributed by atoms with E-state index in [0.717, 1.165) is 32.5 Å². The van der Waals surface area contributed by atoms with Crippen LogP contribution in [0.5, 0.6) is 0 Å². The number of aromatic nitrogens is 2. The van der Waals surface area contributed by atoms with E-state index in [1.54, 1.807) is 0 Å². The molecule has 5 nitrogen and oxygen atoms in total. The lowest BCUT2D eigenvalue weighted by atomic mass is 10.2. The third-order valence-corrected chi connectivity index (χ3v) is 2.12. The van der Waals surface area contributed by atoms with Gasteiger partial charge in [-0.3, -0.25) is 0 Å². The molecule has 0 fully saturated rings. The lowest BCUT2D eigenvalue weighted by Gasteiger charge is -2.00. The average molecular weight is 213 g/mol. The van der Waals surface area contributed by atoms with E-state index < -0.39 is 0 Å². The van der Waals surface area contributed by atoms with Gasteiger partial charge in [0.05, 0.1) is 6.04 Å². The Morgan fingerprint density at radius 1 is 1.40 bits per heavy atom. The Morgan fingerprint density at radius 2 is 2.20 bits per heavy atom. The third kappa shape index (κ3) is 3.97. The summed E-state index contributed by atoms with van der Waals surface area (Å²) in [5, 5.41) is 7.83. The maximum Gasteiger partial charge on any atom is 0.233 e. The van der Waals surface area contributed by atoms with Crippen molar-refractivity contribution in [1.29, 1.82) is 0 Å². The van der Waals surface area contributed by atoms with E-state index in [4.69, 9.17) is 14.9 Å². The molecule has 15 heavy (non-hydrogen) atoms. The van der Waals surface area contributed by atoms with Crippen molar-refractivity contribution in [3.63, 3.8) is 0 Å². The number of aryl methyl sites for hydroxylation is 1. The summed E-state index contributed by atoms with van der Waals surface area (Å²) >= 11 is 0. The molecule has 0 spiro atoms. The summed E-state index contributed by atoms with van der Waals surface area (Å²) in [7, 11) is 0. The van der Waals surface area contributed by atoms with E-state index in [-0.39, 0.29) is 6.04 Å². The second kappa shape index (κ2) is 6.53. The van der Waals surface area contributed by atoms with Crippen LogP contribution in [0.2, 0.25) is 0 Å². The van der Waals surface area contributed by atoms with Gasteiger partial charge in [0.25, 0.3) is 0 Å². The highest BCUT2D eigenvalue weighted by Crippen LogP contribution is 2.12. The third-order valence-electron chi connectivity index (χ3n) is 2.12. The Labute approximate surface area is 90.0 Å². The van der Waals surface area contributed by atoms with Gasteiger partial charge in [0, 0.05) is 19.6 Å². The molecule has 86 valence electrons. The van der Waals surface area contributed by atoms with E-state index >= 15 is 0 Å². The quantitative estimate of drug-likeness (QED) is 0.694. The monoisotopic (exact) mass is 213 g/mol. The first kappa shape index (κ1) is 12.1. The van der Waals surface area contributed by atoms with Gasteiger partial charge in [0.2, 0.25) is 11.8 Å². The minimum atomic E-state index is -0.141. The number of hydrogen-bond donors (Lipinski definition) is 1. The van der Waals surface area contributed by atoms with Gasteiger partial charge in [-0.2, -0.15) is 0 Å². The molecule has 1 unspecified atom stereocenters. The minimum absolute atomic E-state index is 0.141. The molecular weight excluding hydrogens is 194 g/mol. The second-order valence-corrected chi connectivity index (χ2v) is 3.35. The first-order valence-electron chi connectivity index (χ1n) is 5.43. The molecular formula is C10H19N3O2. The van der Waals surface area contributed by atoms with Crippen molar-refractivity contribution in [3.05, 3.63) is 11.8 Å². The molecule has 1 aromatic rings. The topological polar surface area (TPSA) is 74.2 Å². The molecule has 0 saturated heterocycles. The second-order valence-electron chi connectivity index (χ2n) is 3.35. The van der Waals surface area contributed by atoms with Crippen molar-refractivity contribution in [2.24, 2.45) is 5.73 Å². The first-order valence-corrected chi connectivity index (χ1v) is 5.43. The zero-order valence-electron chi connectivity index (χ0n) is 9.40. The molecule has 0 saturated carbocycles. The zero-order chi connectivity index (χ0) is 11.1. The van der Waals surface area contributed by atoms with Crippen molar-refractivity contribution in [2.75, 3.05) is 13.2 Å². The molecule has 0 aromatic carbocycles. The predicted octanol–water partition coefficient (Wildman–Crippen LogP) is 1.45. The van der Waals surface area contributed by atoms with Crippen LogP contribution in [0, 0.1) is 0 Å². The molecule has 0 aliphatic rings. The average Bonchev–Trinajstić information content (AvgIpc) is 2.72. The van der Waals surface area contributed by atoms with E-state index in [1.165, 1.54) is 0 Å². The van der Waals surface area contributed by atoms with Crippen molar-refractivity contribution in [3.8, 4) is 0 Å². The summed E-state index contributed by atoms with van der Waals surface area (Å²) < 4.78 is 10.6. The molecule has 0 bridgehead atoms. The van der Waals surface area contributed by atoms with Crippen molar-refractivity contribution in [1.82, 2.24) is 10.2 Å². The summed E-state index contributed by atoms with van der Waals surface area (Å²) in [5.74, 6) is 1.18. The smallest absolute Gasteiger partial charge is 0.233 e. The number of rotatable bonds is 7. The fraction of sp³-hybridized carbons (Fsp3) is 0.800. The van der Waals surface area contributed by atoms with Gasteiger partial charge in [-0.1, -0.05) is 6.92 Å². The Hall–Kier alpha value is -0.940. The maximum absolute atomic E-state index is 5.76. The van der Waals surface area contributed by atoms with Crippen LogP contribution < -0.4 is 5.73 Å². The van der Waals surface area contributed by atoms with E-state index in [9.17, 15) is 0 Å². The molecule has 2 N–H and O–H groups in total. The fourth-order valence-corrected chi connectivity index (χ4v) is 1.16. The van der Waals surface area contributed by atoms with Crippen LogP contribution >= 0.6 is 0 Å². The summed E-state index contributed by atoms with van der Waals surface area (Å²) in [5.41, 5.74) is 5.76. The molecule has 0 aliphatic carbocycles. The van der Waals surface area contributed by atoms with Crippen molar-refractivity contribution < 1.29 is 9.15 Å². The van der Waals surface area contributed by atoms with Crippen LogP contribution in [-0.2, 0) is 11.2 Å². The Balaban J connectivity index is 2.33. The Kier molecular flexibility index (Phi) is 5.28. The van der Waals surface area contributed by atoms with E-state index in [2.05, 4.69) is 10.2 Å². The molecule has 0 aliphatic heterocycles. The highest BCUT2D eigenvalue weighted by molar-refractivity contribution is 4.87. The fourth-order valence-electron chi connectivity index (χ4n) is 1.16. The molecule has 1 heterocycles. The maximum atomic E-state index is 5.76. The molecule has 5 heteroatoms. The lowest BCUT2D eigenvalue weighted by molar-refractivity contribution is 0.143. The lowest BCUT2D eigenvalue weighted by Crippen LogP contribution is -2.08. The van der Waals surface area contributed by atoms with Crippen molar-refractivity contribution >= 4 is 0 Å². The molecule has 0 radical (unpaired) electrons. The van der Waals surface area contributed by atoms with Gasteiger partial charge in [-0.15, -0.1) is 10.2 Å². The number of hydrogen-bond acceptors (Lipinski definition) is 5. The number of ether oxygens (including phenoxy) is 1. The minimum Gasteiger partial charge on any atom is -0.424 e. The summed E-state index contributed by atoms with van der Waals surface area (Å²) in [6.07, 6.45) is 2.46. The van der Waals surface area contributed by atoms with Gasteiger partial charge < -0.3 is 14.9 Å². The van der Waals surface area contributed by atoms with Gasteiger partial charge in [0.1, 0.15) is 0 Å². The van der Waals surface area contributed by atoms with Gasteiger partial charge in [-0.05, 0) is 19.8 Å². The standard InChI is InChI=1S/C10H19N3O2/c1-3-8(11)10-13-12-9(15-10)6-5-7-14-4-2/h8H,3-7,11H2,1-2H3. The molecule has 0 amide bonds. The molecule has 1 rings (SSSR count). The Bertz CT molecular complexity index is 275. The van der Waals surface area contributed by atoms with E-state index in [1.807, 2.05) is 13.8 Å². The summed E-state index contributed by atoms with van der Waals surface area (Å²) in [4.78, 5) is 0. The summed E-state index contributed by atoms with van der Waals surface area (Å²) in [6.45, 7) is 5.44. The first-order chi connectivity index (χ1) is 7.27. The number of nitrogens with two attached hydrogens (primary N) is 1. The van der Waals surface area contributed by atoms with Crippen LogP contribution in [0.3, 0.4) is 0 Å². The van der Waals surface area contributed by atoms with E-state index in [0.29, 0.717) is 11.8 Å². The Morgan fingerprint density at radius 3 is 2.87 bits per heavy atom. The highest BCUT2D eigenvalue weighted by Gasteiger charge is 2.11. The zero-order valence-corrected chi connectivity index (χ0v) is 9.40. The van der Waals surface area contributed by atoms with Crippen LogP contribution in [0.1, 0.15) is 44.5 Å². The predicted molar refractivity (Wildman–Crippen MR) is 56.3 cm³/mol. The normalized spacial score (nSPS) is 13.0. The van der Waals surface area contributed by atoms with Crippen LogP contribution in [-0.4, -0.2) is 23.4 Å². The van der Waals surface area contributed by atoms with Crippen molar-refractivity contribution in [2.45, 2.75) is 39.2 Å². The van der Waals surface area contributed by atoms with Gasteiger partial charge in [0.15, 0.2) is 0 Å². The highest BCUT2D eigenvalue weighted by atomic mass is 16.5. The number of nitrogens with zero attached hydrogens (tertiary/aromatic N) is 2. The van der Waals surface area contributed by atoms with Gasteiger partial charge in [-0.25, -0.2) is 0 Å². The summed E-state index contributed by atoms with van der Waals surface area (Å²) in [6, 6.07) is -0.141. The van der Waals surface area contributed by atoms with Crippen LogP contribution in [0.25, 0.3) is 0 Å². The molecule has 1 aromatic heterocycles. The van der Waals surface area contributed by atoms with Crippen LogP contribution in [0.15, 0.2) is 4.42 Å².